The number of non-ortho nitro benzene ring substituents is 1. The predicted molar refractivity (Wildman–Crippen MR) is 90.0 cm³/mol. The van der Waals surface area contributed by atoms with E-state index in [1.165, 1.54) is 31.4 Å². The van der Waals surface area contributed by atoms with Crippen LogP contribution in [0.1, 0.15) is 10.4 Å². The van der Waals surface area contributed by atoms with Crippen LogP contribution in [-0.2, 0) is 9.53 Å². The second-order valence-corrected chi connectivity index (χ2v) is 5.18. The third-order valence-corrected chi connectivity index (χ3v) is 3.37. The maximum Gasteiger partial charge on any atom is 0.337 e. The maximum absolute atomic E-state index is 11.9. The molecule has 9 heteroatoms. The summed E-state index contributed by atoms with van der Waals surface area (Å²) in [5, 5.41) is 13.2. The zero-order valence-electron chi connectivity index (χ0n) is 13.0. The Morgan fingerprint density at radius 1 is 1.20 bits per heavy atom. The molecule has 1 amide bonds. The maximum atomic E-state index is 11.9. The predicted octanol–water partition coefficient (Wildman–Crippen LogP) is 3.05. The first-order valence-corrected chi connectivity index (χ1v) is 7.33. The number of nitro benzene ring substituents is 1. The van der Waals surface area contributed by atoms with Crippen molar-refractivity contribution in [1.29, 1.82) is 0 Å². The number of nitro groups is 1. The van der Waals surface area contributed by atoms with Gasteiger partial charge in [-0.1, -0.05) is 11.6 Å². The lowest BCUT2D eigenvalue weighted by atomic mass is 10.2. The van der Waals surface area contributed by atoms with Crippen LogP contribution in [0.3, 0.4) is 0 Å². The van der Waals surface area contributed by atoms with Gasteiger partial charge in [0.1, 0.15) is 5.75 Å². The highest BCUT2D eigenvalue weighted by Gasteiger charge is 2.12. The standard InChI is InChI=1S/C16H13ClN2O6/c1-24-16(21)10-2-4-11(5-3-10)18-15(20)9-25-14-7-6-12(19(22)23)8-13(14)17/h2-8H,9H2,1H3,(H,18,20). The zero-order valence-corrected chi connectivity index (χ0v) is 13.8. The van der Waals surface area contributed by atoms with Gasteiger partial charge in [-0.25, -0.2) is 4.79 Å². The number of halogens is 1. The molecule has 1 N–H and O–H groups in total. The Hall–Kier alpha value is -3.13. The Kier molecular flexibility index (Phi) is 5.91. The van der Waals surface area contributed by atoms with Crippen molar-refractivity contribution in [2.75, 3.05) is 19.0 Å². The Morgan fingerprint density at radius 2 is 1.88 bits per heavy atom. The zero-order chi connectivity index (χ0) is 18.4. The van der Waals surface area contributed by atoms with Crippen molar-refractivity contribution in [2.45, 2.75) is 0 Å². The quantitative estimate of drug-likeness (QED) is 0.479. The fraction of sp³-hybridized carbons (Fsp3) is 0.125. The largest absolute Gasteiger partial charge is 0.482 e. The molecule has 0 spiro atoms. The molecule has 0 fully saturated rings. The molecule has 0 aromatic heterocycles. The van der Waals surface area contributed by atoms with Gasteiger partial charge in [0.2, 0.25) is 0 Å². The number of amides is 1. The second kappa shape index (κ2) is 8.11. The van der Waals surface area contributed by atoms with Crippen LogP contribution in [0.25, 0.3) is 0 Å². The Morgan fingerprint density at radius 3 is 2.44 bits per heavy atom. The first-order chi connectivity index (χ1) is 11.9. The van der Waals surface area contributed by atoms with Crippen molar-refractivity contribution < 1.29 is 24.0 Å². The van der Waals surface area contributed by atoms with Crippen LogP contribution in [-0.4, -0.2) is 30.5 Å². The van der Waals surface area contributed by atoms with E-state index in [1.807, 2.05) is 0 Å². The van der Waals surface area contributed by atoms with Crippen LogP contribution >= 0.6 is 11.6 Å². The number of methoxy groups -OCH3 is 1. The Labute approximate surface area is 147 Å². The van der Waals surface area contributed by atoms with Gasteiger partial charge in [-0.3, -0.25) is 14.9 Å². The monoisotopic (exact) mass is 364 g/mol. The number of anilines is 1. The molecule has 0 aliphatic heterocycles. The molecular formula is C16H13ClN2O6. The summed E-state index contributed by atoms with van der Waals surface area (Å²) in [4.78, 5) is 33.2. The number of nitrogens with one attached hydrogen (secondary N) is 1. The molecule has 130 valence electrons. The van der Waals surface area contributed by atoms with Crippen molar-refractivity contribution in [1.82, 2.24) is 0 Å². The van der Waals surface area contributed by atoms with Gasteiger partial charge in [0.15, 0.2) is 6.61 Å². The topological polar surface area (TPSA) is 108 Å². The van der Waals surface area contributed by atoms with Gasteiger partial charge < -0.3 is 14.8 Å². The molecular weight excluding hydrogens is 352 g/mol. The highest BCUT2D eigenvalue weighted by molar-refractivity contribution is 6.32. The summed E-state index contributed by atoms with van der Waals surface area (Å²) in [5.41, 5.74) is 0.651. The van der Waals surface area contributed by atoms with Crippen molar-refractivity contribution >= 4 is 34.9 Å². The highest BCUT2D eigenvalue weighted by Crippen LogP contribution is 2.28. The molecule has 2 rings (SSSR count). The molecule has 0 saturated heterocycles. The molecule has 2 aromatic carbocycles. The second-order valence-electron chi connectivity index (χ2n) is 4.78. The van der Waals surface area contributed by atoms with E-state index in [2.05, 4.69) is 10.1 Å². The van der Waals surface area contributed by atoms with E-state index in [0.29, 0.717) is 11.3 Å². The molecule has 8 nitrogen and oxygen atoms in total. The third kappa shape index (κ3) is 4.92. The number of hydrogen-bond donors (Lipinski definition) is 1. The minimum absolute atomic E-state index is 0.0319. The number of benzene rings is 2. The van der Waals surface area contributed by atoms with Gasteiger partial charge in [-0.2, -0.15) is 0 Å². The summed E-state index contributed by atoms with van der Waals surface area (Å²) in [6, 6.07) is 9.79. The van der Waals surface area contributed by atoms with Gasteiger partial charge in [0, 0.05) is 17.8 Å². The van der Waals surface area contributed by atoms with Crippen molar-refractivity contribution in [3.05, 3.63) is 63.2 Å². The normalized spacial score (nSPS) is 10.0. The van der Waals surface area contributed by atoms with E-state index in [4.69, 9.17) is 16.3 Å². The number of carbonyl (C=O) groups is 2. The third-order valence-electron chi connectivity index (χ3n) is 3.07. The fourth-order valence-electron chi connectivity index (χ4n) is 1.87. The number of esters is 1. The molecule has 2 aromatic rings. The van der Waals surface area contributed by atoms with E-state index >= 15 is 0 Å². The minimum Gasteiger partial charge on any atom is -0.482 e. The molecule has 0 atom stereocenters. The smallest absolute Gasteiger partial charge is 0.337 e. The van der Waals surface area contributed by atoms with Crippen molar-refractivity contribution in [3.8, 4) is 5.75 Å². The summed E-state index contributed by atoms with van der Waals surface area (Å²) in [6.45, 7) is -0.337. The van der Waals surface area contributed by atoms with E-state index < -0.39 is 16.8 Å². The van der Waals surface area contributed by atoms with Crippen molar-refractivity contribution in [2.24, 2.45) is 0 Å². The van der Waals surface area contributed by atoms with E-state index in [0.717, 1.165) is 6.07 Å². The van der Waals surface area contributed by atoms with Crippen LogP contribution in [0.15, 0.2) is 42.5 Å². The van der Waals surface area contributed by atoms with Gasteiger partial charge in [0.25, 0.3) is 11.6 Å². The van der Waals surface area contributed by atoms with Crippen LogP contribution in [0.5, 0.6) is 5.75 Å². The van der Waals surface area contributed by atoms with E-state index in [-0.39, 0.29) is 23.1 Å². The lowest BCUT2D eigenvalue weighted by Gasteiger charge is -2.09. The van der Waals surface area contributed by atoms with Crippen LogP contribution < -0.4 is 10.1 Å². The SMILES string of the molecule is COC(=O)c1ccc(NC(=O)COc2ccc([N+](=O)[O-])cc2Cl)cc1. The van der Waals surface area contributed by atoms with Gasteiger partial charge in [-0.15, -0.1) is 0 Å². The molecule has 0 unspecified atom stereocenters. The average Bonchev–Trinajstić information content (AvgIpc) is 2.60. The molecule has 0 aliphatic carbocycles. The molecule has 0 heterocycles. The lowest BCUT2D eigenvalue weighted by molar-refractivity contribution is -0.384. The van der Waals surface area contributed by atoms with Crippen LogP contribution in [0.4, 0.5) is 11.4 Å². The highest BCUT2D eigenvalue weighted by atomic mass is 35.5. The first-order valence-electron chi connectivity index (χ1n) is 6.95. The van der Waals surface area contributed by atoms with Gasteiger partial charge in [0.05, 0.1) is 22.6 Å². The molecule has 0 aliphatic rings. The average molecular weight is 365 g/mol. The van der Waals surface area contributed by atoms with Gasteiger partial charge in [-0.05, 0) is 30.3 Å². The van der Waals surface area contributed by atoms with Gasteiger partial charge >= 0.3 is 5.97 Å². The van der Waals surface area contributed by atoms with Crippen LogP contribution in [0, 0.1) is 10.1 Å². The summed E-state index contributed by atoms with van der Waals surface area (Å²) in [6.07, 6.45) is 0. The summed E-state index contributed by atoms with van der Waals surface area (Å²) >= 11 is 5.87. The lowest BCUT2D eigenvalue weighted by Crippen LogP contribution is -2.20. The summed E-state index contributed by atoms with van der Waals surface area (Å²) in [5.74, 6) is -0.780. The van der Waals surface area contributed by atoms with E-state index in [1.54, 1.807) is 12.1 Å². The molecule has 0 saturated carbocycles. The molecule has 0 radical (unpaired) electrons. The summed E-state index contributed by atoms with van der Waals surface area (Å²) < 4.78 is 9.82. The molecule has 0 bridgehead atoms. The Bertz CT molecular complexity index is 807. The summed E-state index contributed by atoms with van der Waals surface area (Å²) in [7, 11) is 1.28. The Balaban J connectivity index is 1.92. The van der Waals surface area contributed by atoms with E-state index in [9.17, 15) is 19.7 Å². The van der Waals surface area contributed by atoms with Crippen LogP contribution in [0.2, 0.25) is 5.02 Å². The fourth-order valence-corrected chi connectivity index (χ4v) is 2.10. The number of rotatable bonds is 6. The number of hydrogen-bond acceptors (Lipinski definition) is 6. The number of nitrogens with zero attached hydrogens (tertiary/aromatic N) is 1. The number of ether oxygens (including phenoxy) is 2. The molecule has 25 heavy (non-hydrogen) atoms. The van der Waals surface area contributed by atoms with Crippen molar-refractivity contribution in [3.63, 3.8) is 0 Å². The number of carbonyl (C=O) groups excluding carboxylic acids is 2. The first kappa shape index (κ1) is 18.2. The minimum atomic E-state index is -0.583.